The SMILES string of the molecule is CC1(C)c2ccccc2-c2cc(N(c3cccc(N(c4cccc5c4C(c4ccccc4)(c4ccccc4)c4ccccc4-5)c4cccc5oc6ccccc6c45)c3)c3ccc4sc5ccccc5c4c3)ccc21. The lowest BCUT2D eigenvalue weighted by molar-refractivity contribution is 0.660. The molecule has 2 aromatic heterocycles. The van der Waals surface area contributed by atoms with Gasteiger partial charge in [0.05, 0.1) is 22.2 Å². The van der Waals surface area contributed by atoms with Crippen LogP contribution in [0.25, 0.3) is 64.4 Å². The van der Waals surface area contributed by atoms with Crippen LogP contribution in [0.3, 0.4) is 0 Å². The Bertz CT molecular complexity index is 4330. The lowest BCUT2D eigenvalue weighted by Gasteiger charge is -2.38. The summed E-state index contributed by atoms with van der Waals surface area (Å²) in [7, 11) is 0. The molecule has 0 saturated carbocycles. The predicted molar refractivity (Wildman–Crippen MR) is 311 cm³/mol. The highest BCUT2D eigenvalue weighted by Gasteiger charge is 2.48. The number of anilines is 6. The number of furan rings is 1. The van der Waals surface area contributed by atoms with Crippen molar-refractivity contribution in [2.45, 2.75) is 24.7 Å². The van der Waals surface area contributed by atoms with Crippen LogP contribution in [0.1, 0.15) is 47.2 Å². The maximum absolute atomic E-state index is 6.72. The molecule has 0 N–H and O–H groups in total. The molecule has 2 aliphatic rings. The Labute approximate surface area is 434 Å². The van der Waals surface area contributed by atoms with Gasteiger partial charge in [0, 0.05) is 59.3 Å². The molecule has 0 spiro atoms. The molecule has 3 nitrogen and oxygen atoms in total. The van der Waals surface area contributed by atoms with Gasteiger partial charge in [-0.05, 0) is 129 Å². The monoisotopic (exact) mass is 964 g/mol. The van der Waals surface area contributed by atoms with Crippen LogP contribution < -0.4 is 9.80 Å². The minimum absolute atomic E-state index is 0.118. The van der Waals surface area contributed by atoms with Crippen LogP contribution >= 0.6 is 11.3 Å². The maximum atomic E-state index is 6.72. The van der Waals surface area contributed by atoms with Crippen molar-refractivity contribution in [3.8, 4) is 22.3 Å². The molecule has 11 aromatic carbocycles. The molecule has 0 aliphatic heterocycles. The quantitative estimate of drug-likeness (QED) is 0.151. The third-order valence-corrected chi connectivity index (χ3v) is 17.3. The zero-order chi connectivity index (χ0) is 49.1. The topological polar surface area (TPSA) is 19.6 Å². The molecule has 0 radical (unpaired) electrons. The summed E-state index contributed by atoms with van der Waals surface area (Å²) in [4.78, 5) is 4.99. The third kappa shape index (κ3) is 6.12. The van der Waals surface area contributed by atoms with Crippen LogP contribution in [-0.4, -0.2) is 0 Å². The molecule has 15 rings (SSSR count). The van der Waals surface area contributed by atoms with Gasteiger partial charge in [0.25, 0.3) is 0 Å². The fourth-order valence-electron chi connectivity index (χ4n) is 12.9. The number of nitrogens with zero attached hydrogens (tertiary/aromatic N) is 2. The van der Waals surface area contributed by atoms with Crippen molar-refractivity contribution < 1.29 is 4.42 Å². The molecular formula is C70H48N2OS. The highest BCUT2D eigenvalue weighted by Crippen LogP contribution is 2.61. The highest BCUT2D eigenvalue weighted by molar-refractivity contribution is 7.25. The van der Waals surface area contributed by atoms with Crippen molar-refractivity contribution in [3.63, 3.8) is 0 Å². The average Bonchev–Trinajstić information content (AvgIpc) is 4.18. The van der Waals surface area contributed by atoms with E-state index in [0.29, 0.717) is 0 Å². The van der Waals surface area contributed by atoms with Crippen molar-refractivity contribution in [1.29, 1.82) is 0 Å². The Balaban J connectivity index is 1.02. The van der Waals surface area contributed by atoms with Gasteiger partial charge >= 0.3 is 0 Å². The number of fused-ring (bicyclic) bond motifs is 12. The van der Waals surface area contributed by atoms with Gasteiger partial charge < -0.3 is 14.2 Å². The Hall–Kier alpha value is -8.96. The summed E-state index contributed by atoms with van der Waals surface area (Å²) >= 11 is 1.85. The molecule has 350 valence electrons. The fourth-order valence-corrected chi connectivity index (χ4v) is 14.0. The summed E-state index contributed by atoms with van der Waals surface area (Å²) in [6.45, 7) is 4.71. The molecule has 4 heteroatoms. The van der Waals surface area contributed by atoms with Crippen molar-refractivity contribution in [3.05, 3.63) is 288 Å². The van der Waals surface area contributed by atoms with Gasteiger partial charge in [0.2, 0.25) is 0 Å². The first kappa shape index (κ1) is 42.7. The molecule has 2 heterocycles. The first-order valence-electron chi connectivity index (χ1n) is 25.6. The van der Waals surface area contributed by atoms with Gasteiger partial charge in [-0.1, -0.05) is 190 Å². The molecule has 2 aliphatic carbocycles. The van der Waals surface area contributed by atoms with E-state index in [1.165, 1.54) is 75.8 Å². The molecule has 0 saturated heterocycles. The highest BCUT2D eigenvalue weighted by atomic mass is 32.1. The molecule has 0 fully saturated rings. The van der Waals surface area contributed by atoms with Gasteiger partial charge in [0.1, 0.15) is 11.2 Å². The van der Waals surface area contributed by atoms with Gasteiger partial charge in [-0.3, -0.25) is 0 Å². The minimum atomic E-state index is -0.660. The molecular weight excluding hydrogens is 917 g/mol. The Morgan fingerprint density at radius 3 is 1.69 bits per heavy atom. The van der Waals surface area contributed by atoms with E-state index in [4.69, 9.17) is 4.42 Å². The van der Waals surface area contributed by atoms with E-state index in [0.717, 1.165) is 56.1 Å². The van der Waals surface area contributed by atoms with Crippen molar-refractivity contribution >= 4 is 87.6 Å². The largest absolute Gasteiger partial charge is 0.456 e. The molecule has 0 unspecified atom stereocenters. The number of benzene rings is 11. The summed E-state index contributed by atoms with van der Waals surface area (Å²) in [5, 5.41) is 4.68. The number of hydrogen-bond acceptors (Lipinski definition) is 4. The Morgan fingerprint density at radius 1 is 0.351 bits per heavy atom. The molecule has 0 atom stereocenters. The standard InChI is InChI=1S/C70H48N2OS/c1-69(2)58-31-13-9-27-52(58)56-43-49(38-40-59(56)69)71(50-39-41-66-57(44-50)53-28-12-16-37-65(53)74-66)47-24-17-25-48(42-47)72(61-33-19-36-64-67(61)55-29-11-15-35-63(55)73-64)62-34-18-30-54-51-26-10-14-32-60(51)70(68(54)62,45-20-5-3-6-21-45)46-22-7-4-8-23-46/h3-44H,1-2H3. The van der Waals surface area contributed by atoms with E-state index < -0.39 is 5.41 Å². The molecule has 0 amide bonds. The summed E-state index contributed by atoms with van der Waals surface area (Å²) in [6, 6.07) is 94.3. The van der Waals surface area contributed by atoms with E-state index in [1.54, 1.807) is 0 Å². The zero-order valence-corrected chi connectivity index (χ0v) is 41.8. The lowest BCUT2D eigenvalue weighted by atomic mass is 9.67. The summed E-state index contributed by atoms with van der Waals surface area (Å²) in [5.41, 5.74) is 20.0. The normalized spacial score (nSPS) is 13.8. The summed E-state index contributed by atoms with van der Waals surface area (Å²) in [5.74, 6) is 0. The Morgan fingerprint density at radius 2 is 0.892 bits per heavy atom. The predicted octanol–water partition coefficient (Wildman–Crippen LogP) is 19.6. The first-order valence-corrected chi connectivity index (χ1v) is 26.4. The third-order valence-electron chi connectivity index (χ3n) is 16.1. The van der Waals surface area contributed by atoms with E-state index in [2.05, 4.69) is 278 Å². The van der Waals surface area contributed by atoms with Crippen LogP contribution in [-0.2, 0) is 10.8 Å². The zero-order valence-electron chi connectivity index (χ0n) is 41.0. The molecule has 74 heavy (non-hydrogen) atoms. The van der Waals surface area contributed by atoms with Crippen molar-refractivity contribution in [1.82, 2.24) is 0 Å². The number of rotatable bonds is 8. The minimum Gasteiger partial charge on any atom is -0.456 e. The first-order chi connectivity index (χ1) is 36.5. The van der Waals surface area contributed by atoms with E-state index >= 15 is 0 Å². The van der Waals surface area contributed by atoms with Gasteiger partial charge in [-0.2, -0.15) is 0 Å². The second-order valence-electron chi connectivity index (χ2n) is 20.3. The van der Waals surface area contributed by atoms with Gasteiger partial charge in [0.15, 0.2) is 0 Å². The maximum Gasteiger partial charge on any atom is 0.137 e. The van der Waals surface area contributed by atoms with Gasteiger partial charge in [-0.15, -0.1) is 11.3 Å². The lowest BCUT2D eigenvalue weighted by Crippen LogP contribution is -2.30. The number of para-hydroxylation sites is 1. The summed E-state index contributed by atoms with van der Waals surface area (Å²) in [6.07, 6.45) is 0. The van der Waals surface area contributed by atoms with E-state index in [-0.39, 0.29) is 5.41 Å². The van der Waals surface area contributed by atoms with E-state index in [9.17, 15) is 0 Å². The molecule has 13 aromatic rings. The second-order valence-corrected chi connectivity index (χ2v) is 21.4. The second kappa shape index (κ2) is 16.3. The molecule has 0 bridgehead atoms. The number of hydrogen-bond donors (Lipinski definition) is 0. The van der Waals surface area contributed by atoms with Gasteiger partial charge in [-0.25, -0.2) is 0 Å². The van der Waals surface area contributed by atoms with Crippen molar-refractivity contribution in [2.24, 2.45) is 0 Å². The average molecular weight is 965 g/mol. The van der Waals surface area contributed by atoms with Crippen LogP contribution in [0.2, 0.25) is 0 Å². The van der Waals surface area contributed by atoms with Crippen LogP contribution in [0.4, 0.5) is 34.1 Å². The Kier molecular flexibility index (Phi) is 9.39. The smallest absolute Gasteiger partial charge is 0.137 e. The summed E-state index contributed by atoms with van der Waals surface area (Å²) < 4.78 is 9.29. The van der Waals surface area contributed by atoms with E-state index in [1.807, 2.05) is 11.3 Å². The van der Waals surface area contributed by atoms with Crippen LogP contribution in [0.5, 0.6) is 0 Å². The fraction of sp³-hybridized carbons (Fsp3) is 0.0571. The van der Waals surface area contributed by atoms with Crippen molar-refractivity contribution in [2.75, 3.05) is 9.80 Å². The number of thiophene rings is 1. The van der Waals surface area contributed by atoms with Crippen LogP contribution in [0.15, 0.2) is 259 Å². The van der Waals surface area contributed by atoms with Crippen LogP contribution in [0, 0.1) is 0 Å².